The summed E-state index contributed by atoms with van der Waals surface area (Å²) < 4.78 is 5.22. The molecule has 0 bridgehead atoms. The monoisotopic (exact) mass is 294 g/mol. The van der Waals surface area contributed by atoms with Crippen molar-refractivity contribution in [1.29, 1.82) is 0 Å². The van der Waals surface area contributed by atoms with Crippen molar-refractivity contribution >= 4 is 11.6 Å². The summed E-state index contributed by atoms with van der Waals surface area (Å²) in [6, 6.07) is 4.31. The first-order valence-electron chi connectivity index (χ1n) is 6.94. The Morgan fingerprint density at radius 3 is 2.48 bits per heavy atom. The van der Waals surface area contributed by atoms with Gasteiger partial charge in [0.2, 0.25) is 0 Å². The average Bonchev–Trinajstić information content (AvgIpc) is 2.46. The molecule has 1 aromatic rings. The van der Waals surface area contributed by atoms with Gasteiger partial charge in [-0.05, 0) is 39.3 Å². The number of nitrogens with zero attached hydrogens (tertiary/aromatic N) is 2. The maximum absolute atomic E-state index is 12.5. The molecule has 0 aliphatic rings. The number of amides is 1. The molecule has 0 aliphatic heterocycles. The fraction of sp³-hybridized carbons (Fsp3) is 0.533. The van der Waals surface area contributed by atoms with Gasteiger partial charge in [0.1, 0.15) is 0 Å². The van der Waals surface area contributed by atoms with Crippen LogP contribution in [-0.2, 0) is 0 Å². The Balaban J connectivity index is 3.17. The molecule has 0 heterocycles. The van der Waals surface area contributed by atoms with Crippen molar-refractivity contribution in [1.82, 2.24) is 4.90 Å². The third kappa shape index (κ3) is 3.71. The fourth-order valence-corrected chi connectivity index (χ4v) is 1.78. The summed E-state index contributed by atoms with van der Waals surface area (Å²) in [5.74, 6) is -0.0653. The zero-order chi connectivity index (χ0) is 16.2. The van der Waals surface area contributed by atoms with E-state index in [1.807, 2.05) is 20.8 Å². The lowest BCUT2D eigenvalue weighted by molar-refractivity contribution is -0.385. The van der Waals surface area contributed by atoms with Gasteiger partial charge in [-0.15, -0.1) is 0 Å². The zero-order valence-corrected chi connectivity index (χ0v) is 13.2. The molecular weight excluding hydrogens is 272 g/mol. The molecule has 0 fully saturated rings. The van der Waals surface area contributed by atoms with Crippen LogP contribution in [0.5, 0.6) is 5.75 Å². The number of hydrogen-bond donors (Lipinski definition) is 0. The number of carbonyl (C=O) groups is 1. The highest BCUT2D eigenvalue weighted by Crippen LogP contribution is 2.29. The van der Waals surface area contributed by atoms with Gasteiger partial charge in [0.05, 0.1) is 11.5 Å². The molecule has 0 saturated carbocycles. The van der Waals surface area contributed by atoms with Crippen molar-refractivity contribution in [2.24, 2.45) is 0 Å². The topological polar surface area (TPSA) is 72.7 Å². The SMILES string of the molecule is CCOc1ccc(C(=O)N(C)C(C)(C)CC)cc1[N+](=O)[O-]. The van der Waals surface area contributed by atoms with Crippen LogP contribution in [0, 0.1) is 10.1 Å². The smallest absolute Gasteiger partial charge is 0.311 e. The van der Waals surface area contributed by atoms with Crippen LogP contribution in [0.2, 0.25) is 0 Å². The highest BCUT2D eigenvalue weighted by Gasteiger charge is 2.28. The zero-order valence-electron chi connectivity index (χ0n) is 13.2. The van der Waals surface area contributed by atoms with Gasteiger partial charge in [-0.3, -0.25) is 14.9 Å². The number of hydrogen-bond acceptors (Lipinski definition) is 4. The predicted octanol–water partition coefficient (Wildman–Crippen LogP) is 3.25. The van der Waals surface area contributed by atoms with Crippen molar-refractivity contribution in [2.75, 3.05) is 13.7 Å². The lowest BCUT2D eigenvalue weighted by atomic mass is 9.98. The maximum atomic E-state index is 12.5. The molecule has 1 rings (SSSR count). The number of nitro groups is 1. The molecule has 21 heavy (non-hydrogen) atoms. The summed E-state index contributed by atoms with van der Waals surface area (Å²) in [6.07, 6.45) is 0.786. The van der Waals surface area contributed by atoms with E-state index in [0.717, 1.165) is 6.42 Å². The first-order valence-corrected chi connectivity index (χ1v) is 6.94. The van der Waals surface area contributed by atoms with E-state index in [9.17, 15) is 14.9 Å². The van der Waals surface area contributed by atoms with Gasteiger partial charge in [-0.2, -0.15) is 0 Å². The minimum atomic E-state index is -0.535. The summed E-state index contributed by atoms with van der Waals surface area (Å²) in [7, 11) is 1.70. The second-order valence-corrected chi connectivity index (χ2v) is 5.40. The van der Waals surface area contributed by atoms with Crippen LogP contribution >= 0.6 is 0 Å². The van der Waals surface area contributed by atoms with Crippen molar-refractivity contribution in [3.8, 4) is 5.75 Å². The maximum Gasteiger partial charge on any atom is 0.311 e. The van der Waals surface area contributed by atoms with Crippen LogP contribution in [0.25, 0.3) is 0 Å². The van der Waals surface area contributed by atoms with Gasteiger partial charge in [0.15, 0.2) is 5.75 Å². The highest BCUT2D eigenvalue weighted by molar-refractivity contribution is 5.95. The van der Waals surface area contributed by atoms with Gasteiger partial charge >= 0.3 is 5.69 Å². The Bertz CT molecular complexity index is 540. The fourth-order valence-electron chi connectivity index (χ4n) is 1.78. The Kier molecular flexibility index (Phi) is 5.29. The molecule has 0 aromatic heterocycles. The van der Waals surface area contributed by atoms with Crippen LogP contribution in [0.1, 0.15) is 44.5 Å². The van der Waals surface area contributed by atoms with Gasteiger partial charge in [0.25, 0.3) is 5.91 Å². The standard InChI is InChI=1S/C15H22N2O4/c1-6-15(3,4)16(5)14(18)11-8-9-13(21-7-2)12(10-11)17(19)20/h8-10H,6-7H2,1-5H3. The van der Waals surface area contributed by atoms with Crippen molar-refractivity contribution < 1.29 is 14.5 Å². The molecule has 0 radical (unpaired) electrons. The summed E-state index contributed by atoms with van der Waals surface area (Å²) >= 11 is 0. The average molecular weight is 294 g/mol. The molecule has 0 N–H and O–H groups in total. The molecule has 0 spiro atoms. The second kappa shape index (κ2) is 6.56. The number of carbonyl (C=O) groups excluding carboxylic acids is 1. The quantitative estimate of drug-likeness (QED) is 0.596. The summed E-state index contributed by atoms with van der Waals surface area (Å²) in [4.78, 5) is 24.6. The lowest BCUT2D eigenvalue weighted by Crippen LogP contribution is -2.44. The molecule has 116 valence electrons. The van der Waals surface area contributed by atoms with E-state index in [-0.39, 0.29) is 28.4 Å². The molecule has 0 atom stereocenters. The second-order valence-electron chi connectivity index (χ2n) is 5.40. The first-order chi connectivity index (χ1) is 9.74. The van der Waals surface area contributed by atoms with Crippen LogP contribution in [-0.4, -0.2) is 34.9 Å². The highest BCUT2D eigenvalue weighted by atomic mass is 16.6. The first kappa shape index (κ1) is 16.9. The molecule has 6 heteroatoms. The summed E-state index contributed by atoms with van der Waals surface area (Å²) in [5, 5.41) is 11.1. The van der Waals surface area contributed by atoms with Gasteiger partial charge in [0, 0.05) is 24.2 Å². The normalized spacial score (nSPS) is 11.1. The van der Waals surface area contributed by atoms with Crippen molar-refractivity contribution in [3.05, 3.63) is 33.9 Å². The molecule has 1 aromatic carbocycles. The Morgan fingerprint density at radius 1 is 1.38 bits per heavy atom. The molecular formula is C15H22N2O4. The summed E-state index contributed by atoms with van der Waals surface area (Å²) in [5.41, 5.74) is -0.218. The number of benzene rings is 1. The molecule has 0 unspecified atom stereocenters. The number of ether oxygens (including phenoxy) is 1. The number of rotatable bonds is 6. The van der Waals surface area contributed by atoms with E-state index in [4.69, 9.17) is 4.74 Å². The minimum Gasteiger partial charge on any atom is -0.487 e. The molecule has 0 aliphatic carbocycles. The van der Waals surface area contributed by atoms with E-state index < -0.39 is 4.92 Å². The molecule has 1 amide bonds. The molecule has 0 saturated heterocycles. The van der Waals surface area contributed by atoms with E-state index in [0.29, 0.717) is 6.61 Å². The van der Waals surface area contributed by atoms with Crippen molar-refractivity contribution in [2.45, 2.75) is 39.7 Å². The van der Waals surface area contributed by atoms with E-state index in [1.54, 1.807) is 24.9 Å². The van der Waals surface area contributed by atoms with E-state index >= 15 is 0 Å². The predicted molar refractivity (Wildman–Crippen MR) is 80.7 cm³/mol. The van der Waals surface area contributed by atoms with Gasteiger partial charge in [-0.25, -0.2) is 0 Å². The Hall–Kier alpha value is -2.11. The van der Waals surface area contributed by atoms with Crippen LogP contribution in [0.4, 0.5) is 5.69 Å². The lowest BCUT2D eigenvalue weighted by Gasteiger charge is -2.34. The largest absolute Gasteiger partial charge is 0.487 e. The summed E-state index contributed by atoms with van der Waals surface area (Å²) in [6.45, 7) is 7.98. The molecule has 6 nitrogen and oxygen atoms in total. The van der Waals surface area contributed by atoms with Crippen LogP contribution in [0.3, 0.4) is 0 Å². The van der Waals surface area contributed by atoms with Gasteiger partial charge < -0.3 is 9.64 Å². The van der Waals surface area contributed by atoms with Crippen LogP contribution in [0.15, 0.2) is 18.2 Å². The van der Waals surface area contributed by atoms with Gasteiger partial charge in [-0.1, -0.05) is 6.92 Å². The third-order valence-electron chi connectivity index (χ3n) is 3.78. The Labute approximate surface area is 124 Å². The van der Waals surface area contributed by atoms with E-state index in [1.165, 1.54) is 12.1 Å². The van der Waals surface area contributed by atoms with Crippen LogP contribution < -0.4 is 4.74 Å². The van der Waals surface area contributed by atoms with Crippen molar-refractivity contribution in [3.63, 3.8) is 0 Å². The number of nitro benzene ring substituents is 1. The van der Waals surface area contributed by atoms with E-state index in [2.05, 4.69) is 0 Å². The minimum absolute atomic E-state index is 0.177. The Morgan fingerprint density at radius 2 is 2.00 bits per heavy atom. The third-order valence-corrected chi connectivity index (χ3v) is 3.78.